The van der Waals surface area contributed by atoms with E-state index in [1.807, 2.05) is 18.2 Å². The molecule has 1 rings (SSSR count). The van der Waals surface area contributed by atoms with Crippen molar-refractivity contribution in [2.24, 2.45) is 5.92 Å². The van der Waals surface area contributed by atoms with Crippen molar-refractivity contribution in [3.05, 3.63) is 28.2 Å². The van der Waals surface area contributed by atoms with Crippen LogP contribution in [0.5, 0.6) is 5.75 Å². The van der Waals surface area contributed by atoms with Gasteiger partial charge in [0.2, 0.25) is 0 Å². The predicted octanol–water partition coefficient (Wildman–Crippen LogP) is 5.10. The monoisotopic (exact) mass is 328 g/mol. The van der Waals surface area contributed by atoms with E-state index in [0.29, 0.717) is 5.92 Å². The van der Waals surface area contributed by atoms with E-state index in [0.717, 1.165) is 28.6 Å². The molecule has 0 aromatic heterocycles. The molecule has 0 aliphatic carbocycles. The summed E-state index contributed by atoms with van der Waals surface area (Å²) in [4.78, 5) is 0. The number of unbranched alkanes of at least 4 members (excludes halogenated alkanes) is 1. The fourth-order valence-electron chi connectivity index (χ4n) is 2.39. The van der Waals surface area contributed by atoms with Gasteiger partial charge in [-0.1, -0.05) is 55.5 Å². The van der Waals surface area contributed by atoms with Gasteiger partial charge in [-0.15, -0.1) is 0 Å². The maximum Gasteiger partial charge on any atom is 0.124 e. The van der Waals surface area contributed by atoms with E-state index in [-0.39, 0.29) is 0 Å². The number of halogens is 1. The molecule has 3 heteroatoms. The van der Waals surface area contributed by atoms with Gasteiger partial charge in [-0.25, -0.2) is 0 Å². The number of aliphatic hydroxyl groups excluding tert-OH is 1. The summed E-state index contributed by atoms with van der Waals surface area (Å²) in [5.41, 5.74) is 0.881. The number of benzene rings is 1. The van der Waals surface area contributed by atoms with E-state index in [4.69, 9.17) is 4.74 Å². The van der Waals surface area contributed by atoms with Crippen LogP contribution in [0.15, 0.2) is 22.7 Å². The van der Waals surface area contributed by atoms with Crippen LogP contribution in [-0.4, -0.2) is 12.2 Å². The molecule has 108 valence electrons. The zero-order chi connectivity index (χ0) is 14.3. The van der Waals surface area contributed by atoms with Crippen LogP contribution in [-0.2, 0) is 0 Å². The highest BCUT2D eigenvalue weighted by Gasteiger charge is 2.18. The highest BCUT2D eigenvalue weighted by molar-refractivity contribution is 9.10. The summed E-state index contributed by atoms with van der Waals surface area (Å²) in [6.07, 6.45) is 5.12. The molecule has 1 aromatic carbocycles. The lowest BCUT2D eigenvalue weighted by Crippen LogP contribution is -2.08. The van der Waals surface area contributed by atoms with E-state index in [1.54, 1.807) is 7.11 Å². The molecule has 0 aliphatic rings. The molecule has 0 heterocycles. The Balaban J connectivity index is 2.75. The third-order valence-electron chi connectivity index (χ3n) is 3.65. The van der Waals surface area contributed by atoms with Gasteiger partial charge in [-0.2, -0.15) is 0 Å². The Kier molecular flexibility index (Phi) is 7.47. The van der Waals surface area contributed by atoms with Crippen molar-refractivity contribution in [2.45, 2.75) is 52.1 Å². The highest BCUT2D eigenvalue weighted by Crippen LogP contribution is 2.33. The molecule has 0 spiro atoms. The molecule has 2 unspecified atom stereocenters. The summed E-state index contributed by atoms with van der Waals surface area (Å²) in [7, 11) is 1.65. The van der Waals surface area contributed by atoms with Crippen molar-refractivity contribution in [3.8, 4) is 5.75 Å². The lowest BCUT2D eigenvalue weighted by molar-refractivity contribution is 0.136. The van der Waals surface area contributed by atoms with Crippen molar-refractivity contribution < 1.29 is 9.84 Å². The van der Waals surface area contributed by atoms with Crippen LogP contribution in [0.4, 0.5) is 0 Å². The largest absolute Gasteiger partial charge is 0.496 e. The smallest absolute Gasteiger partial charge is 0.124 e. The summed E-state index contributed by atoms with van der Waals surface area (Å²) in [6.45, 7) is 4.41. The number of hydrogen-bond acceptors (Lipinski definition) is 2. The van der Waals surface area contributed by atoms with Gasteiger partial charge in [0.05, 0.1) is 13.2 Å². The molecule has 1 N–H and O–H groups in total. The Morgan fingerprint density at radius 2 is 2.05 bits per heavy atom. The van der Waals surface area contributed by atoms with Crippen LogP contribution in [0, 0.1) is 5.92 Å². The van der Waals surface area contributed by atoms with Crippen molar-refractivity contribution >= 4 is 15.9 Å². The number of methoxy groups -OCH3 is 1. The van der Waals surface area contributed by atoms with Crippen LogP contribution in [0.1, 0.15) is 57.6 Å². The third-order valence-corrected chi connectivity index (χ3v) is 4.14. The third kappa shape index (κ3) is 5.15. The lowest BCUT2D eigenvalue weighted by Gasteiger charge is -2.20. The van der Waals surface area contributed by atoms with Gasteiger partial charge >= 0.3 is 0 Å². The number of rotatable bonds is 8. The molecule has 0 fully saturated rings. The molecule has 2 atom stereocenters. The average Bonchev–Trinajstić information content (AvgIpc) is 2.43. The highest BCUT2D eigenvalue weighted by atomic mass is 79.9. The van der Waals surface area contributed by atoms with Crippen LogP contribution < -0.4 is 4.74 Å². The van der Waals surface area contributed by atoms with E-state index < -0.39 is 6.10 Å². The summed E-state index contributed by atoms with van der Waals surface area (Å²) in [5, 5.41) is 10.5. The Bertz CT molecular complexity index is 379. The zero-order valence-electron chi connectivity index (χ0n) is 12.2. The fraction of sp³-hybridized carbons (Fsp3) is 0.625. The second kappa shape index (κ2) is 8.60. The van der Waals surface area contributed by atoms with Crippen LogP contribution in [0.25, 0.3) is 0 Å². The first kappa shape index (κ1) is 16.5. The Labute approximate surface area is 125 Å². The summed E-state index contributed by atoms with van der Waals surface area (Å²) in [5.74, 6) is 1.35. The van der Waals surface area contributed by atoms with Gasteiger partial charge < -0.3 is 9.84 Å². The van der Waals surface area contributed by atoms with Crippen LogP contribution >= 0.6 is 15.9 Å². The second-order valence-electron chi connectivity index (χ2n) is 5.05. The standard InChI is InChI=1S/C16H25BrO2/c1-4-6-7-12(5-2)10-15(18)14-11-13(17)8-9-16(14)19-3/h8-9,11-12,15,18H,4-7,10H2,1-3H3. The number of hydrogen-bond donors (Lipinski definition) is 1. The number of ether oxygens (including phenoxy) is 1. The molecule has 0 saturated heterocycles. The van der Waals surface area contributed by atoms with Crippen LogP contribution in [0.3, 0.4) is 0 Å². The molecular weight excluding hydrogens is 304 g/mol. The second-order valence-corrected chi connectivity index (χ2v) is 5.97. The van der Waals surface area contributed by atoms with Gasteiger partial charge in [0.1, 0.15) is 5.75 Å². The van der Waals surface area contributed by atoms with Gasteiger partial charge in [-0.3, -0.25) is 0 Å². The molecule has 0 aliphatic heterocycles. The van der Waals surface area contributed by atoms with Gasteiger partial charge in [0.15, 0.2) is 0 Å². The van der Waals surface area contributed by atoms with Gasteiger partial charge in [0.25, 0.3) is 0 Å². The quantitative estimate of drug-likeness (QED) is 0.719. The Morgan fingerprint density at radius 3 is 2.63 bits per heavy atom. The molecule has 0 amide bonds. The summed E-state index contributed by atoms with van der Waals surface area (Å²) < 4.78 is 6.31. The van der Waals surface area contributed by atoms with E-state index in [2.05, 4.69) is 29.8 Å². The van der Waals surface area contributed by atoms with Gasteiger partial charge in [-0.05, 0) is 30.5 Å². The zero-order valence-corrected chi connectivity index (χ0v) is 13.7. The topological polar surface area (TPSA) is 29.5 Å². The van der Waals surface area contributed by atoms with Crippen molar-refractivity contribution in [1.29, 1.82) is 0 Å². The first-order chi connectivity index (χ1) is 9.12. The lowest BCUT2D eigenvalue weighted by atomic mass is 9.90. The maximum absolute atomic E-state index is 10.5. The van der Waals surface area contributed by atoms with Crippen molar-refractivity contribution in [1.82, 2.24) is 0 Å². The maximum atomic E-state index is 10.5. The first-order valence-corrected chi connectivity index (χ1v) is 7.93. The van der Waals surface area contributed by atoms with E-state index in [9.17, 15) is 5.11 Å². The minimum absolute atomic E-state index is 0.450. The van der Waals surface area contributed by atoms with Crippen molar-refractivity contribution in [2.75, 3.05) is 7.11 Å². The van der Waals surface area contributed by atoms with Crippen LogP contribution in [0.2, 0.25) is 0 Å². The summed E-state index contributed by atoms with van der Waals surface area (Å²) in [6, 6.07) is 5.79. The summed E-state index contributed by atoms with van der Waals surface area (Å²) >= 11 is 3.45. The van der Waals surface area contributed by atoms with E-state index >= 15 is 0 Å². The van der Waals surface area contributed by atoms with Crippen molar-refractivity contribution in [3.63, 3.8) is 0 Å². The first-order valence-electron chi connectivity index (χ1n) is 7.13. The molecule has 0 saturated carbocycles. The minimum Gasteiger partial charge on any atom is -0.496 e. The normalized spacial score (nSPS) is 14.2. The Hall–Kier alpha value is -0.540. The number of aliphatic hydroxyl groups is 1. The molecule has 0 radical (unpaired) electrons. The Morgan fingerprint density at radius 1 is 1.32 bits per heavy atom. The molecule has 19 heavy (non-hydrogen) atoms. The predicted molar refractivity (Wildman–Crippen MR) is 83.6 cm³/mol. The van der Waals surface area contributed by atoms with E-state index in [1.165, 1.54) is 19.3 Å². The molecule has 1 aromatic rings. The minimum atomic E-state index is -0.450. The van der Waals surface area contributed by atoms with Gasteiger partial charge in [0, 0.05) is 10.0 Å². The average molecular weight is 329 g/mol. The SMILES string of the molecule is CCCCC(CC)CC(O)c1cc(Br)ccc1OC. The fourth-order valence-corrected chi connectivity index (χ4v) is 2.77. The molecule has 2 nitrogen and oxygen atoms in total. The molecule has 0 bridgehead atoms. The molecular formula is C16H25BrO2.